The van der Waals surface area contributed by atoms with Crippen LogP contribution in [0, 0.1) is 0 Å². The van der Waals surface area contributed by atoms with Crippen molar-refractivity contribution in [1.29, 1.82) is 0 Å². The van der Waals surface area contributed by atoms with Crippen molar-refractivity contribution >= 4 is 15.5 Å². The fourth-order valence-electron chi connectivity index (χ4n) is 2.17. The summed E-state index contributed by atoms with van der Waals surface area (Å²) in [6, 6.07) is 13.1. The average Bonchev–Trinajstić information content (AvgIpc) is 2.54. The predicted molar refractivity (Wildman–Crippen MR) is 84.1 cm³/mol. The van der Waals surface area contributed by atoms with Crippen LogP contribution in [-0.4, -0.2) is 21.3 Å². The highest BCUT2D eigenvalue weighted by Gasteiger charge is 2.28. The standard InChI is InChI=1S/C16H17F2NO3S/c1-22-11-13-7-3-2-6-12(13)10-19-14-8-4-5-9-15(14)23(20,21)16(17)18/h2-9,16,19H,10-11H2,1H3. The molecule has 0 atom stereocenters. The van der Waals surface area contributed by atoms with E-state index < -0.39 is 20.5 Å². The largest absolute Gasteiger partial charge is 0.380 e. The van der Waals surface area contributed by atoms with E-state index in [9.17, 15) is 17.2 Å². The van der Waals surface area contributed by atoms with Crippen LogP contribution < -0.4 is 5.32 Å². The van der Waals surface area contributed by atoms with Crippen molar-refractivity contribution < 1.29 is 21.9 Å². The number of hydrogen-bond acceptors (Lipinski definition) is 4. The zero-order valence-electron chi connectivity index (χ0n) is 12.5. The summed E-state index contributed by atoms with van der Waals surface area (Å²) in [4.78, 5) is -0.403. The third-order valence-electron chi connectivity index (χ3n) is 3.32. The van der Waals surface area contributed by atoms with E-state index in [2.05, 4.69) is 5.32 Å². The Balaban J connectivity index is 2.26. The van der Waals surface area contributed by atoms with E-state index in [0.717, 1.165) is 11.1 Å². The number of ether oxygens (including phenoxy) is 1. The zero-order valence-corrected chi connectivity index (χ0v) is 13.3. The maximum absolute atomic E-state index is 12.8. The molecule has 2 aromatic carbocycles. The van der Waals surface area contributed by atoms with E-state index in [-0.39, 0.29) is 5.69 Å². The SMILES string of the molecule is COCc1ccccc1CNc1ccccc1S(=O)(=O)C(F)F. The number of benzene rings is 2. The predicted octanol–water partition coefficient (Wildman–Crippen LogP) is 3.44. The molecule has 0 fully saturated rings. The molecule has 0 spiro atoms. The lowest BCUT2D eigenvalue weighted by atomic mass is 10.1. The van der Waals surface area contributed by atoms with Crippen LogP contribution in [-0.2, 0) is 27.7 Å². The molecule has 0 bridgehead atoms. The summed E-state index contributed by atoms with van der Waals surface area (Å²) in [5, 5.41) is 2.92. The van der Waals surface area contributed by atoms with Gasteiger partial charge in [0.25, 0.3) is 0 Å². The molecule has 2 rings (SSSR count). The van der Waals surface area contributed by atoms with Gasteiger partial charge >= 0.3 is 5.76 Å². The Bertz CT molecular complexity index is 763. The second-order valence-electron chi connectivity index (χ2n) is 4.86. The number of sulfone groups is 1. The minimum Gasteiger partial charge on any atom is -0.380 e. The first-order valence-electron chi connectivity index (χ1n) is 6.87. The highest BCUT2D eigenvalue weighted by atomic mass is 32.2. The van der Waals surface area contributed by atoms with Crippen molar-refractivity contribution in [2.24, 2.45) is 0 Å². The highest BCUT2D eigenvalue weighted by Crippen LogP contribution is 2.26. The van der Waals surface area contributed by atoms with E-state index >= 15 is 0 Å². The summed E-state index contributed by atoms with van der Waals surface area (Å²) in [7, 11) is -3.07. The number of hydrogen-bond donors (Lipinski definition) is 1. The number of rotatable bonds is 7. The molecule has 0 saturated carbocycles. The van der Waals surface area contributed by atoms with Crippen LogP contribution in [0.15, 0.2) is 53.4 Å². The van der Waals surface area contributed by atoms with E-state index in [0.29, 0.717) is 13.2 Å². The first-order chi connectivity index (χ1) is 11.0. The van der Waals surface area contributed by atoms with Crippen molar-refractivity contribution in [2.75, 3.05) is 12.4 Å². The third-order valence-corrected chi connectivity index (χ3v) is 4.75. The molecule has 0 radical (unpaired) electrons. The zero-order chi connectivity index (χ0) is 16.9. The van der Waals surface area contributed by atoms with Gasteiger partial charge in [-0.1, -0.05) is 36.4 Å². The number of para-hydroxylation sites is 1. The van der Waals surface area contributed by atoms with Gasteiger partial charge in [0.15, 0.2) is 0 Å². The van der Waals surface area contributed by atoms with Gasteiger partial charge in [-0.15, -0.1) is 0 Å². The van der Waals surface area contributed by atoms with Gasteiger partial charge in [-0.05, 0) is 23.3 Å². The van der Waals surface area contributed by atoms with Gasteiger partial charge in [-0.2, -0.15) is 8.78 Å². The fourth-order valence-corrected chi connectivity index (χ4v) is 3.08. The van der Waals surface area contributed by atoms with Crippen LogP contribution in [0.25, 0.3) is 0 Å². The van der Waals surface area contributed by atoms with Crippen molar-refractivity contribution in [3.8, 4) is 0 Å². The normalized spacial score (nSPS) is 11.7. The molecule has 0 heterocycles. The molecular formula is C16H17F2NO3S. The van der Waals surface area contributed by atoms with Crippen molar-refractivity contribution in [3.63, 3.8) is 0 Å². The van der Waals surface area contributed by atoms with Crippen LogP contribution in [0.1, 0.15) is 11.1 Å². The Morgan fingerprint density at radius 3 is 2.30 bits per heavy atom. The molecule has 0 aliphatic heterocycles. The van der Waals surface area contributed by atoms with Crippen LogP contribution in [0.2, 0.25) is 0 Å². The highest BCUT2D eigenvalue weighted by molar-refractivity contribution is 7.91. The molecule has 0 aliphatic rings. The summed E-state index contributed by atoms with van der Waals surface area (Å²) < 4.78 is 54.1. The molecule has 0 saturated heterocycles. The van der Waals surface area contributed by atoms with Crippen LogP contribution in [0.4, 0.5) is 14.5 Å². The summed E-state index contributed by atoms with van der Waals surface area (Å²) in [6.07, 6.45) is 0. The quantitative estimate of drug-likeness (QED) is 0.838. The Morgan fingerprint density at radius 1 is 1.04 bits per heavy atom. The summed E-state index contributed by atoms with van der Waals surface area (Å²) >= 11 is 0. The van der Waals surface area contributed by atoms with Gasteiger partial charge in [0.05, 0.1) is 17.2 Å². The lowest BCUT2D eigenvalue weighted by molar-refractivity contribution is 0.184. The molecule has 0 aromatic heterocycles. The van der Waals surface area contributed by atoms with Gasteiger partial charge in [-0.25, -0.2) is 8.42 Å². The maximum Gasteiger partial charge on any atom is 0.341 e. The number of methoxy groups -OCH3 is 1. The summed E-state index contributed by atoms with van der Waals surface area (Å²) in [6.45, 7) is 0.712. The topological polar surface area (TPSA) is 55.4 Å². The van der Waals surface area contributed by atoms with E-state index in [1.165, 1.54) is 18.2 Å². The van der Waals surface area contributed by atoms with E-state index in [1.807, 2.05) is 24.3 Å². The minimum absolute atomic E-state index is 0.153. The lowest BCUT2D eigenvalue weighted by Gasteiger charge is -2.14. The Hall–Kier alpha value is -1.99. The summed E-state index contributed by atoms with van der Waals surface area (Å²) in [5.74, 6) is -3.45. The van der Waals surface area contributed by atoms with Crippen LogP contribution in [0.5, 0.6) is 0 Å². The van der Waals surface area contributed by atoms with Gasteiger partial charge in [0.1, 0.15) is 0 Å². The van der Waals surface area contributed by atoms with Crippen molar-refractivity contribution in [1.82, 2.24) is 0 Å². The molecule has 0 unspecified atom stereocenters. The van der Waals surface area contributed by atoms with E-state index in [4.69, 9.17) is 4.74 Å². The maximum atomic E-state index is 12.8. The molecule has 2 aromatic rings. The number of alkyl halides is 2. The van der Waals surface area contributed by atoms with Gasteiger partial charge < -0.3 is 10.1 Å². The number of nitrogens with one attached hydrogen (secondary N) is 1. The molecule has 0 amide bonds. The van der Waals surface area contributed by atoms with Crippen LogP contribution >= 0.6 is 0 Å². The summed E-state index contributed by atoms with van der Waals surface area (Å²) in [5.41, 5.74) is 2.00. The number of halogens is 2. The Morgan fingerprint density at radius 2 is 1.65 bits per heavy atom. The lowest BCUT2D eigenvalue weighted by Crippen LogP contribution is -2.14. The molecule has 124 valence electrons. The number of anilines is 1. The van der Waals surface area contributed by atoms with Crippen molar-refractivity contribution in [3.05, 3.63) is 59.7 Å². The molecule has 4 nitrogen and oxygen atoms in total. The molecule has 7 heteroatoms. The Kier molecular flexibility index (Phi) is 5.68. The third kappa shape index (κ3) is 4.05. The molecule has 1 N–H and O–H groups in total. The first-order valence-corrected chi connectivity index (χ1v) is 8.42. The average molecular weight is 341 g/mol. The van der Waals surface area contributed by atoms with Gasteiger partial charge in [0.2, 0.25) is 9.84 Å². The first kappa shape index (κ1) is 17.4. The van der Waals surface area contributed by atoms with Gasteiger partial charge in [-0.3, -0.25) is 0 Å². The minimum atomic E-state index is -4.65. The van der Waals surface area contributed by atoms with Crippen LogP contribution in [0.3, 0.4) is 0 Å². The smallest absolute Gasteiger partial charge is 0.341 e. The monoisotopic (exact) mass is 341 g/mol. The second-order valence-corrected chi connectivity index (χ2v) is 6.74. The van der Waals surface area contributed by atoms with Gasteiger partial charge in [0, 0.05) is 13.7 Å². The molecule has 23 heavy (non-hydrogen) atoms. The van der Waals surface area contributed by atoms with Crippen molar-refractivity contribution in [2.45, 2.75) is 23.8 Å². The molecule has 0 aliphatic carbocycles. The second kappa shape index (κ2) is 7.52. The Labute approximate surface area is 134 Å². The fraction of sp³-hybridized carbons (Fsp3) is 0.250. The molecular weight excluding hydrogens is 324 g/mol. The van der Waals surface area contributed by atoms with E-state index in [1.54, 1.807) is 13.2 Å².